The number of H-pyrrole nitrogens is 1. The molecule has 0 bridgehead atoms. The second kappa shape index (κ2) is 11.0. The molecule has 33 heavy (non-hydrogen) atoms. The number of hydrogen-bond donors (Lipinski definition) is 2. The molecule has 0 saturated carbocycles. The number of ether oxygens (including phenoxy) is 2. The van der Waals surface area contributed by atoms with Crippen molar-refractivity contribution in [3.8, 4) is 17.2 Å². The Bertz CT molecular complexity index is 1240. The minimum absolute atomic E-state index is 0.0335. The molecular formula is C24H21N5O3S. The van der Waals surface area contributed by atoms with Crippen LogP contribution < -0.4 is 14.9 Å². The Hall–Kier alpha value is -4.11. The third-order valence-corrected chi connectivity index (χ3v) is 5.26. The zero-order valence-corrected chi connectivity index (χ0v) is 18.6. The molecule has 0 aliphatic heterocycles. The number of Topliss-reactive ketones (excluding diaryl/α,β-unsaturated/α-hetero) is 1. The first-order chi connectivity index (χ1) is 16.2. The van der Waals surface area contributed by atoms with Gasteiger partial charge in [0.05, 0.1) is 19.1 Å². The molecule has 1 heterocycles. The number of benzene rings is 3. The van der Waals surface area contributed by atoms with E-state index in [2.05, 4.69) is 25.7 Å². The maximum atomic E-state index is 12.4. The van der Waals surface area contributed by atoms with Crippen LogP contribution in [0.4, 0.5) is 5.95 Å². The van der Waals surface area contributed by atoms with Crippen LogP contribution in [0.25, 0.3) is 0 Å². The van der Waals surface area contributed by atoms with E-state index in [1.54, 1.807) is 37.6 Å². The fourth-order valence-electron chi connectivity index (χ4n) is 2.82. The molecule has 1 aromatic heterocycles. The Morgan fingerprint density at radius 2 is 1.82 bits per heavy atom. The number of hydrazone groups is 1. The van der Waals surface area contributed by atoms with Crippen LogP contribution in [0.5, 0.6) is 17.2 Å². The number of ketones is 1. The Morgan fingerprint density at radius 3 is 2.67 bits per heavy atom. The predicted octanol–water partition coefficient (Wildman–Crippen LogP) is 5.03. The highest BCUT2D eigenvalue weighted by Crippen LogP contribution is 2.21. The van der Waals surface area contributed by atoms with Crippen molar-refractivity contribution in [2.75, 3.05) is 18.3 Å². The quantitative estimate of drug-likeness (QED) is 0.148. The van der Waals surface area contributed by atoms with E-state index in [9.17, 15) is 4.79 Å². The first kappa shape index (κ1) is 22.1. The molecule has 0 atom stereocenters. The van der Waals surface area contributed by atoms with Gasteiger partial charge in [0.2, 0.25) is 11.1 Å². The summed E-state index contributed by atoms with van der Waals surface area (Å²) in [6, 6.07) is 24.2. The predicted molar refractivity (Wildman–Crippen MR) is 129 cm³/mol. The molecule has 0 aliphatic carbocycles. The van der Waals surface area contributed by atoms with Crippen LogP contribution in [-0.4, -0.2) is 40.0 Å². The summed E-state index contributed by atoms with van der Waals surface area (Å²) in [5.41, 5.74) is 4.24. The first-order valence-electron chi connectivity index (χ1n) is 10.0. The second-order valence-electron chi connectivity index (χ2n) is 6.77. The second-order valence-corrected chi connectivity index (χ2v) is 7.71. The van der Waals surface area contributed by atoms with Gasteiger partial charge in [-0.3, -0.25) is 4.79 Å². The molecule has 3 aromatic carbocycles. The number of thioether (sulfide) groups is 1. The minimum Gasteiger partial charge on any atom is -0.497 e. The van der Waals surface area contributed by atoms with E-state index in [0.717, 1.165) is 11.3 Å². The van der Waals surface area contributed by atoms with E-state index in [4.69, 9.17) is 9.47 Å². The summed E-state index contributed by atoms with van der Waals surface area (Å²) in [5.74, 6) is 2.67. The van der Waals surface area contributed by atoms with Crippen LogP contribution in [0.1, 0.15) is 15.9 Å². The zero-order chi connectivity index (χ0) is 22.9. The zero-order valence-electron chi connectivity index (χ0n) is 17.8. The van der Waals surface area contributed by atoms with Crippen LogP contribution in [0.15, 0.2) is 89.1 Å². The van der Waals surface area contributed by atoms with Gasteiger partial charge in [0, 0.05) is 5.56 Å². The molecule has 0 aliphatic rings. The number of rotatable bonds is 10. The standard InChI is InChI=1S/C24H21N5O3S/c1-31-20-11-6-8-18(14-20)22(30)16-33-24-26-23(28-29-24)27-25-15-17-7-5-12-21(13-17)32-19-9-3-2-4-10-19/h2-15H,16H2,1H3,(H2,26,27,28,29)/b25-15-. The number of aromatic nitrogens is 3. The van der Waals surface area contributed by atoms with Gasteiger partial charge >= 0.3 is 0 Å². The summed E-state index contributed by atoms with van der Waals surface area (Å²) < 4.78 is 11.0. The van der Waals surface area contributed by atoms with Gasteiger partial charge in [0.25, 0.3) is 0 Å². The minimum atomic E-state index is -0.0335. The number of para-hydroxylation sites is 1. The van der Waals surface area contributed by atoms with Crippen molar-refractivity contribution in [1.82, 2.24) is 15.2 Å². The summed E-state index contributed by atoms with van der Waals surface area (Å²) in [5, 5.41) is 11.5. The molecule has 166 valence electrons. The molecule has 4 rings (SSSR count). The summed E-state index contributed by atoms with van der Waals surface area (Å²) in [6.45, 7) is 0. The van der Waals surface area contributed by atoms with Gasteiger partial charge in [-0.2, -0.15) is 10.1 Å². The van der Waals surface area contributed by atoms with E-state index < -0.39 is 0 Å². The molecule has 0 amide bonds. The van der Waals surface area contributed by atoms with Crippen LogP contribution in [0.2, 0.25) is 0 Å². The van der Waals surface area contributed by atoms with E-state index in [1.807, 2.05) is 54.6 Å². The highest BCUT2D eigenvalue weighted by Gasteiger charge is 2.10. The van der Waals surface area contributed by atoms with Crippen molar-refractivity contribution in [3.05, 3.63) is 90.0 Å². The summed E-state index contributed by atoms with van der Waals surface area (Å²) in [4.78, 5) is 16.7. The fraction of sp³-hybridized carbons (Fsp3) is 0.0833. The highest BCUT2D eigenvalue weighted by atomic mass is 32.2. The van der Waals surface area contributed by atoms with Crippen molar-refractivity contribution in [3.63, 3.8) is 0 Å². The molecular weight excluding hydrogens is 438 g/mol. The number of aromatic amines is 1. The monoisotopic (exact) mass is 459 g/mol. The van der Waals surface area contributed by atoms with Crippen LogP contribution >= 0.6 is 11.8 Å². The van der Waals surface area contributed by atoms with Gasteiger partial charge in [-0.1, -0.05) is 54.2 Å². The summed E-state index contributed by atoms with van der Waals surface area (Å²) in [7, 11) is 1.57. The molecule has 0 spiro atoms. The Balaban J connectivity index is 1.29. The van der Waals surface area contributed by atoms with Gasteiger partial charge in [-0.25, -0.2) is 10.5 Å². The molecule has 8 nitrogen and oxygen atoms in total. The van der Waals surface area contributed by atoms with Crippen molar-refractivity contribution >= 4 is 29.7 Å². The Labute approximate surface area is 195 Å². The number of carbonyl (C=O) groups excluding carboxylic acids is 1. The summed E-state index contributed by atoms with van der Waals surface area (Å²) >= 11 is 1.24. The number of methoxy groups -OCH3 is 1. The molecule has 2 N–H and O–H groups in total. The largest absolute Gasteiger partial charge is 0.497 e. The lowest BCUT2D eigenvalue weighted by atomic mass is 10.1. The average molecular weight is 460 g/mol. The molecule has 0 unspecified atom stereocenters. The van der Waals surface area contributed by atoms with Gasteiger partial charge < -0.3 is 9.47 Å². The van der Waals surface area contributed by atoms with Gasteiger partial charge in [-0.05, 0) is 42.0 Å². The van der Waals surface area contributed by atoms with Crippen molar-refractivity contribution in [2.45, 2.75) is 5.16 Å². The lowest BCUT2D eigenvalue weighted by Crippen LogP contribution is -2.02. The van der Waals surface area contributed by atoms with Crippen LogP contribution in [0.3, 0.4) is 0 Å². The topological polar surface area (TPSA) is 101 Å². The molecule has 0 saturated heterocycles. The Kier molecular flexibility index (Phi) is 7.34. The first-order valence-corrected chi connectivity index (χ1v) is 11.0. The lowest BCUT2D eigenvalue weighted by Gasteiger charge is -2.05. The average Bonchev–Trinajstić information content (AvgIpc) is 3.31. The number of nitrogens with one attached hydrogen (secondary N) is 2. The molecule has 0 fully saturated rings. The van der Waals surface area contributed by atoms with Gasteiger partial charge in [0.1, 0.15) is 17.2 Å². The molecule has 0 radical (unpaired) electrons. The van der Waals surface area contributed by atoms with Crippen LogP contribution in [-0.2, 0) is 0 Å². The van der Waals surface area contributed by atoms with E-state index >= 15 is 0 Å². The van der Waals surface area contributed by atoms with Crippen molar-refractivity contribution < 1.29 is 14.3 Å². The smallest absolute Gasteiger partial charge is 0.240 e. The number of nitrogens with zero attached hydrogens (tertiary/aromatic N) is 3. The van der Waals surface area contributed by atoms with Gasteiger partial charge in [0.15, 0.2) is 5.78 Å². The maximum absolute atomic E-state index is 12.4. The normalized spacial score (nSPS) is 10.8. The van der Waals surface area contributed by atoms with E-state index in [0.29, 0.717) is 28.2 Å². The van der Waals surface area contributed by atoms with E-state index in [1.165, 1.54) is 11.8 Å². The van der Waals surface area contributed by atoms with Gasteiger partial charge in [-0.15, -0.1) is 5.10 Å². The van der Waals surface area contributed by atoms with Crippen molar-refractivity contribution in [1.29, 1.82) is 0 Å². The van der Waals surface area contributed by atoms with Crippen molar-refractivity contribution in [2.24, 2.45) is 5.10 Å². The Morgan fingerprint density at radius 1 is 1.03 bits per heavy atom. The third kappa shape index (κ3) is 6.44. The molecule has 9 heteroatoms. The number of anilines is 1. The number of carbonyl (C=O) groups is 1. The van der Waals surface area contributed by atoms with Crippen LogP contribution in [0, 0.1) is 0 Å². The van der Waals surface area contributed by atoms with E-state index in [-0.39, 0.29) is 11.5 Å². The maximum Gasteiger partial charge on any atom is 0.240 e. The number of hydrogen-bond acceptors (Lipinski definition) is 8. The highest BCUT2D eigenvalue weighted by molar-refractivity contribution is 7.99. The SMILES string of the molecule is COc1cccc(C(=O)CSc2n[nH]c(N/N=C\c3cccc(Oc4ccccc4)c3)n2)c1. The lowest BCUT2D eigenvalue weighted by molar-refractivity contribution is 0.102. The summed E-state index contributed by atoms with van der Waals surface area (Å²) in [6.07, 6.45) is 1.65. The third-order valence-electron chi connectivity index (χ3n) is 4.41. The fourth-order valence-corrected chi connectivity index (χ4v) is 3.51. The molecule has 4 aromatic rings.